The van der Waals surface area contributed by atoms with Crippen LogP contribution in [0.25, 0.3) is 0 Å². The number of anilines is 1. The summed E-state index contributed by atoms with van der Waals surface area (Å²) in [5, 5.41) is 10.1. The minimum Gasteiger partial charge on any atom is -0.381 e. The fourth-order valence-corrected chi connectivity index (χ4v) is 2.58. The quantitative estimate of drug-likeness (QED) is 0.781. The lowest BCUT2D eigenvalue weighted by molar-refractivity contribution is 0.588. The van der Waals surface area contributed by atoms with E-state index in [9.17, 15) is 8.42 Å². The zero-order valence-electron chi connectivity index (χ0n) is 11.7. The number of hydrogen-bond acceptors (Lipinski definition) is 4. The van der Waals surface area contributed by atoms with E-state index < -0.39 is 10.0 Å². The van der Waals surface area contributed by atoms with E-state index in [4.69, 9.17) is 0 Å². The minimum atomic E-state index is -3.43. The topological polar surface area (TPSA) is 86.9 Å². The molecule has 6 nitrogen and oxygen atoms in total. The van der Waals surface area contributed by atoms with Gasteiger partial charge in [-0.05, 0) is 38.6 Å². The molecule has 0 aliphatic rings. The molecule has 0 unspecified atom stereocenters. The van der Waals surface area contributed by atoms with Crippen LogP contribution in [0.15, 0.2) is 29.3 Å². The van der Waals surface area contributed by atoms with Crippen molar-refractivity contribution in [3.05, 3.63) is 41.2 Å². The first-order valence-electron chi connectivity index (χ1n) is 6.21. The molecule has 20 heavy (non-hydrogen) atoms. The number of aryl methyl sites for hydroxylation is 2. The van der Waals surface area contributed by atoms with Crippen LogP contribution >= 0.6 is 0 Å². The molecule has 0 amide bonds. The van der Waals surface area contributed by atoms with E-state index >= 15 is 0 Å². The normalized spacial score (nSPS) is 11.6. The molecule has 0 radical (unpaired) electrons. The summed E-state index contributed by atoms with van der Waals surface area (Å²) in [6.45, 7) is 4.46. The number of hydrogen-bond donors (Lipinski definition) is 3. The Morgan fingerprint density at radius 2 is 2.05 bits per heavy atom. The Morgan fingerprint density at radius 1 is 1.30 bits per heavy atom. The smallest absolute Gasteiger partial charge is 0.240 e. The van der Waals surface area contributed by atoms with Crippen LogP contribution in [-0.2, 0) is 16.6 Å². The first-order chi connectivity index (χ1) is 9.44. The van der Waals surface area contributed by atoms with Gasteiger partial charge >= 0.3 is 0 Å². The molecule has 0 saturated carbocycles. The predicted octanol–water partition coefficient (Wildman–Crippen LogP) is 1.55. The van der Waals surface area contributed by atoms with Crippen LogP contribution in [0.3, 0.4) is 0 Å². The zero-order chi connectivity index (χ0) is 14.8. The maximum atomic E-state index is 11.8. The van der Waals surface area contributed by atoms with Gasteiger partial charge in [0.1, 0.15) is 0 Å². The number of rotatable bonds is 5. The summed E-state index contributed by atoms with van der Waals surface area (Å²) in [6, 6.07) is 5.01. The van der Waals surface area contributed by atoms with E-state index in [0.29, 0.717) is 6.54 Å². The van der Waals surface area contributed by atoms with Crippen LogP contribution in [0.4, 0.5) is 5.69 Å². The molecule has 0 atom stereocenters. The summed E-state index contributed by atoms with van der Waals surface area (Å²) in [5.74, 6) is 0. The van der Waals surface area contributed by atoms with E-state index in [1.807, 2.05) is 13.8 Å². The first-order valence-corrected chi connectivity index (χ1v) is 7.69. The van der Waals surface area contributed by atoms with Gasteiger partial charge in [0.05, 0.1) is 11.1 Å². The second kappa shape index (κ2) is 5.64. The van der Waals surface area contributed by atoms with Crippen LogP contribution < -0.4 is 10.0 Å². The molecule has 2 aromatic rings. The van der Waals surface area contributed by atoms with Gasteiger partial charge in [-0.3, -0.25) is 5.10 Å². The van der Waals surface area contributed by atoms with E-state index in [-0.39, 0.29) is 4.90 Å². The molecular weight excluding hydrogens is 276 g/mol. The van der Waals surface area contributed by atoms with E-state index in [2.05, 4.69) is 20.2 Å². The van der Waals surface area contributed by atoms with E-state index in [0.717, 1.165) is 22.5 Å². The van der Waals surface area contributed by atoms with E-state index in [1.54, 1.807) is 24.4 Å². The van der Waals surface area contributed by atoms with E-state index in [1.165, 1.54) is 7.05 Å². The molecule has 0 saturated heterocycles. The molecule has 1 aromatic heterocycles. The summed E-state index contributed by atoms with van der Waals surface area (Å²) in [4.78, 5) is 0.247. The van der Waals surface area contributed by atoms with Crippen molar-refractivity contribution in [2.24, 2.45) is 0 Å². The van der Waals surface area contributed by atoms with Crippen LogP contribution in [0.5, 0.6) is 0 Å². The standard InChI is InChI=1S/C13H18N4O2S/c1-9-4-5-12(20(18,19)14-3)6-13(9)15-7-11-8-16-17-10(11)2/h4-6,8,14-15H,7H2,1-3H3,(H,16,17). The first kappa shape index (κ1) is 14.5. The predicted molar refractivity (Wildman–Crippen MR) is 78.1 cm³/mol. The lowest BCUT2D eigenvalue weighted by atomic mass is 10.2. The molecule has 0 aliphatic carbocycles. The van der Waals surface area contributed by atoms with Crippen molar-refractivity contribution in [1.29, 1.82) is 0 Å². The summed E-state index contributed by atoms with van der Waals surface area (Å²) in [7, 11) is -2.03. The second-order valence-electron chi connectivity index (χ2n) is 4.56. The lowest BCUT2D eigenvalue weighted by Crippen LogP contribution is -2.18. The van der Waals surface area contributed by atoms with Crippen LogP contribution in [-0.4, -0.2) is 25.7 Å². The maximum absolute atomic E-state index is 11.8. The number of H-pyrrole nitrogens is 1. The van der Waals surface area contributed by atoms with Gasteiger partial charge < -0.3 is 5.32 Å². The second-order valence-corrected chi connectivity index (χ2v) is 6.44. The number of benzene rings is 1. The van der Waals surface area contributed by atoms with Crippen molar-refractivity contribution < 1.29 is 8.42 Å². The molecule has 0 bridgehead atoms. The molecule has 3 N–H and O–H groups in total. The summed E-state index contributed by atoms with van der Waals surface area (Å²) >= 11 is 0. The lowest BCUT2D eigenvalue weighted by Gasteiger charge is -2.11. The number of aromatic nitrogens is 2. The average molecular weight is 294 g/mol. The Kier molecular flexibility index (Phi) is 4.10. The molecule has 7 heteroatoms. The molecule has 0 fully saturated rings. The van der Waals surface area contributed by atoms with Gasteiger partial charge in [-0.2, -0.15) is 5.10 Å². The van der Waals surface area contributed by atoms with Crippen LogP contribution in [0, 0.1) is 13.8 Å². The van der Waals surface area contributed by atoms with Gasteiger partial charge in [-0.1, -0.05) is 6.07 Å². The Morgan fingerprint density at radius 3 is 2.65 bits per heavy atom. The number of nitrogens with zero attached hydrogens (tertiary/aromatic N) is 1. The molecular formula is C13H18N4O2S. The van der Waals surface area contributed by atoms with Gasteiger partial charge in [0.15, 0.2) is 0 Å². The highest BCUT2D eigenvalue weighted by atomic mass is 32.2. The molecule has 0 aliphatic heterocycles. The van der Waals surface area contributed by atoms with Gasteiger partial charge in [0, 0.05) is 23.5 Å². The largest absolute Gasteiger partial charge is 0.381 e. The monoisotopic (exact) mass is 294 g/mol. The molecule has 2 rings (SSSR count). The fraction of sp³-hybridized carbons (Fsp3) is 0.308. The van der Waals surface area contributed by atoms with Crippen LogP contribution in [0.1, 0.15) is 16.8 Å². The Labute approximate surface area is 118 Å². The van der Waals surface area contributed by atoms with Crippen molar-refractivity contribution >= 4 is 15.7 Å². The molecule has 1 heterocycles. The zero-order valence-corrected chi connectivity index (χ0v) is 12.5. The summed E-state index contributed by atoms with van der Waals surface area (Å²) in [6.07, 6.45) is 1.76. The number of nitrogens with one attached hydrogen (secondary N) is 3. The highest BCUT2D eigenvalue weighted by Crippen LogP contribution is 2.21. The van der Waals surface area contributed by atoms with Crippen molar-refractivity contribution in [2.75, 3.05) is 12.4 Å². The number of aromatic amines is 1. The van der Waals surface area contributed by atoms with Crippen molar-refractivity contribution in [3.8, 4) is 0 Å². The number of sulfonamides is 1. The van der Waals surface area contributed by atoms with Crippen LogP contribution in [0.2, 0.25) is 0 Å². The third-order valence-electron chi connectivity index (χ3n) is 3.19. The van der Waals surface area contributed by atoms with Crippen molar-refractivity contribution in [1.82, 2.24) is 14.9 Å². The maximum Gasteiger partial charge on any atom is 0.240 e. The highest BCUT2D eigenvalue weighted by Gasteiger charge is 2.13. The minimum absolute atomic E-state index is 0.247. The average Bonchev–Trinajstić information content (AvgIpc) is 2.83. The third kappa shape index (κ3) is 3.00. The Balaban J connectivity index is 2.24. The fourth-order valence-electron chi connectivity index (χ4n) is 1.82. The van der Waals surface area contributed by atoms with Crippen molar-refractivity contribution in [3.63, 3.8) is 0 Å². The molecule has 108 valence electrons. The Bertz CT molecular complexity index is 707. The summed E-state index contributed by atoms with van der Waals surface area (Å²) in [5.41, 5.74) is 3.82. The highest BCUT2D eigenvalue weighted by molar-refractivity contribution is 7.89. The summed E-state index contributed by atoms with van der Waals surface area (Å²) < 4.78 is 25.9. The molecule has 1 aromatic carbocycles. The van der Waals surface area contributed by atoms with Gasteiger partial charge in [-0.25, -0.2) is 13.1 Å². The Hall–Kier alpha value is -1.86. The van der Waals surface area contributed by atoms with Gasteiger partial charge in [0.25, 0.3) is 0 Å². The van der Waals surface area contributed by atoms with Gasteiger partial charge in [0.2, 0.25) is 10.0 Å². The van der Waals surface area contributed by atoms with Gasteiger partial charge in [-0.15, -0.1) is 0 Å². The van der Waals surface area contributed by atoms with Crippen molar-refractivity contribution in [2.45, 2.75) is 25.3 Å². The SMILES string of the molecule is CNS(=O)(=O)c1ccc(C)c(NCc2cn[nH]c2C)c1. The third-order valence-corrected chi connectivity index (χ3v) is 4.60. The molecule has 0 spiro atoms.